The minimum absolute atomic E-state index is 0. The van der Waals surface area contributed by atoms with Crippen LogP contribution in [0.4, 0.5) is 0 Å². The van der Waals surface area contributed by atoms with Crippen LogP contribution in [-0.2, 0) is 25.9 Å². The normalized spacial score (nSPS) is 8.08. The molecule has 0 saturated heterocycles. The molecular formula is C12H14Ru. The second kappa shape index (κ2) is 7.95. The summed E-state index contributed by atoms with van der Waals surface area (Å²) >= 11 is 0. The van der Waals surface area contributed by atoms with Gasteiger partial charge in [-0.15, -0.1) is 0 Å². The molecule has 0 radical (unpaired) electrons. The average molecular weight is 259 g/mol. The van der Waals surface area contributed by atoms with Crippen LogP contribution in [0.3, 0.4) is 0 Å². The van der Waals surface area contributed by atoms with E-state index in [-0.39, 0.29) is 19.5 Å². The van der Waals surface area contributed by atoms with E-state index in [4.69, 9.17) is 0 Å². The fourth-order valence-corrected chi connectivity index (χ4v) is 0.970. The molecule has 1 heteroatoms. The van der Waals surface area contributed by atoms with Crippen molar-refractivity contribution < 1.29 is 19.5 Å². The summed E-state index contributed by atoms with van der Waals surface area (Å²) in [4.78, 5) is 0. The third-order valence-corrected chi connectivity index (χ3v) is 1.70. The second-order valence-electron chi connectivity index (χ2n) is 2.61. The first-order chi connectivity index (χ1) is 5.93. The summed E-state index contributed by atoms with van der Waals surface area (Å²) in [5.74, 6) is 0. The van der Waals surface area contributed by atoms with Crippen LogP contribution in [0.15, 0.2) is 54.6 Å². The quantitative estimate of drug-likeness (QED) is 0.544. The Morgan fingerprint density at radius 3 is 2.00 bits per heavy atom. The van der Waals surface area contributed by atoms with Crippen molar-refractivity contribution in [1.82, 2.24) is 0 Å². The van der Waals surface area contributed by atoms with Gasteiger partial charge in [0.25, 0.3) is 0 Å². The summed E-state index contributed by atoms with van der Waals surface area (Å²) < 4.78 is 0. The molecule has 0 unspecified atom stereocenters. The molecule has 13 heavy (non-hydrogen) atoms. The molecular weight excluding hydrogens is 245 g/mol. The van der Waals surface area contributed by atoms with Gasteiger partial charge in [-0.3, -0.25) is 0 Å². The van der Waals surface area contributed by atoms with E-state index < -0.39 is 0 Å². The van der Waals surface area contributed by atoms with E-state index in [9.17, 15) is 0 Å². The van der Waals surface area contributed by atoms with Crippen LogP contribution in [0.25, 0.3) is 0 Å². The van der Waals surface area contributed by atoms with E-state index >= 15 is 0 Å². The maximum atomic E-state index is 2.16. The van der Waals surface area contributed by atoms with Gasteiger partial charge in [-0.2, -0.15) is 35.9 Å². The molecule has 0 saturated carbocycles. The molecule has 0 amide bonds. The molecule has 2 aromatic carbocycles. The minimum Gasteiger partial charge on any atom is -0.214 e. The van der Waals surface area contributed by atoms with Gasteiger partial charge in [0, 0.05) is 0 Å². The molecule has 0 aliphatic heterocycles. The first kappa shape index (κ1) is 12.3. The predicted octanol–water partition coefficient (Wildman–Crippen LogP) is 3.37. The fraction of sp³-hybridized carbons (Fsp3) is 0.167. The molecule has 0 N–H and O–H groups in total. The van der Waals surface area contributed by atoms with E-state index in [1.807, 2.05) is 30.3 Å². The number of rotatable bonds is 1. The Hall–Kier alpha value is -0.677. The van der Waals surface area contributed by atoms with Gasteiger partial charge in [0.15, 0.2) is 0 Å². The SMILES string of the molecule is CCc1ccc[cH-]1.[Ru+2].c1cc[cH-]c1. The van der Waals surface area contributed by atoms with Crippen LogP contribution >= 0.6 is 0 Å². The third kappa shape index (κ3) is 5.54. The Kier molecular flexibility index (Phi) is 7.53. The fourth-order valence-electron chi connectivity index (χ4n) is 0.970. The standard InChI is InChI=1S/C7H9.C5H5.Ru/c1-2-7-5-3-4-6-7;1-2-4-5-3-1;/h3-6H,2H2,1H3;1-5H;/q2*-1;+2. The Balaban J connectivity index is 0.000000215. The zero-order valence-corrected chi connectivity index (χ0v) is 9.49. The van der Waals surface area contributed by atoms with Crippen LogP contribution in [0.5, 0.6) is 0 Å². The van der Waals surface area contributed by atoms with Crippen molar-refractivity contribution in [3.63, 3.8) is 0 Å². The molecule has 0 aromatic heterocycles. The van der Waals surface area contributed by atoms with Crippen molar-refractivity contribution in [2.75, 3.05) is 0 Å². The topological polar surface area (TPSA) is 0 Å². The van der Waals surface area contributed by atoms with Gasteiger partial charge < -0.3 is 0 Å². The van der Waals surface area contributed by atoms with Crippen molar-refractivity contribution in [2.45, 2.75) is 13.3 Å². The number of hydrogen-bond acceptors (Lipinski definition) is 0. The van der Waals surface area contributed by atoms with E-state index in [1.54, 1.807) is 0 Å². The average Bonchev–Trinajstić information content (AvgIpc) is 2.81. The molecule has 2 aromatic rings. The van der Waals surface area contributed by atoms with E-state index in [0.717, 1.165) is 6.42 Å². The molecule has 0 fully saturated rings. The largest absolute Gasteiger partial charge is 2.00 e. The molecule has 0 spiro atoms. The summed E-state index contributed by atoms with van der Waals surface area (Å²) in [5, 5.41) is 0. The van der Waals surface area contributed by atoms with E-state index in [0.29, 0.717) is 0 Å². The van der Waals surface area contributed by atoms with Crippen LogP contribution in [0.2, 0.25) is 0 Å². The molecule has 0 aliphatic rings. The molecule has 0 atom stereocenters. The van der Waals surface area contributed by atoms with Gasteiger partial charge in [0.05, 0.1) is 0 Å². The van der Waals surface area contributed by atoms with Crippen molar-refractivity contribution in [3.05, 3.63) is 60.2 Å². The van der Waals surface area contributed by atoms with Crippen molar-refractivity contribution >= 4 is 0 Å². The molecule has 0 heterocycles. The molecule has 70 valence electrons. The first-order valence-electron chi connectivity index (χ1n) is 4.30. The summed E-state index contributed by atoms with van der Waals surface area (Å²) in [5.41, 5.74) is 1.43. The Bertz CT molecular complexity index is 236. The Morgan fingerprint density at radius 1 is 1.08 bits per heavy atom. The molecule has 2 rings (SSSR count). The summed E-state index contributed by atoms with van der Waals surface area (Å²) in [6, 6.07) is 18.4. The van der Waals surface area contributed by atoms with Crippen LogP contribution < -0.4 is 0 Å². The van der Waals surface area contributed by atoms with Gasteiger partial charge in [0.1, 0.15) is 0 Å². The maximum Gasteiger partial charge on any atom is 2.00 e. The van der Waals surface area contributed by atoms with Gasteiger partial charge in [-0.25, -0.2) is 24.3 Å². The smallest absolute Gasteiger partial charge is 0.214 e. The van der Waals surface area contributed by atoms with Gasteiger partial charge >= 0.3 is 19.5 Å². The van der Waals surface area contributed by atoms with Gasteiger partial charge in [-0.05, 0) is 0 Å². The molecule has 0 aliphatic carbocycles. The van der Waals surface area contributed by atoms with E-state index in [1.165, 1.54) is 5.56 Å². The van der Waals surface area contributed by atoms with Crippen molar-refractivity contribution in [2.24, 2.45) is 0 Å². The number of aryl methyl sites for hydroxylation is 1. The van der Waals surface area contributed by atoms with Crippen molar-refractivity contribution in [3.8, 4) is 0 Å². The second-order valence-corrected chi connectivity index (χ2v) is 2.61. The predicted molar refractivity (Wildman–Crippen MR) is 53.4 cm³/mol. The summed E-state index contributed by atoms with van der Waals surface area (Å²) in [6.07, 6.45) is 1.16. The van der Waals surface area contributed by atoms with Gasteiger partial charge in [-0.1, -0.05) is 13.3 Å². The van der Waals surface area contributed by atoms with Crippen LogP contribution in [0, 0.1) is 0 Å². The third-order valence-electron chi connectivity index (χ3n) is 1.70. The van der Waals surface area contributed by atoms with Crippen LogP contribution in [0.1, 0.15) is 12.5 Å². The Morgan fingerprint density at radius 2 is 1.77 bits per heavy atom. The Labute approximate surface area is 93.1 Å². The monoisotopic (exact) mass is 260 g/mol. The zero-order valence-electron chi connectivity index (χ0n) is 7.76. The van der Waals surface area contributed by atoms with E-state index in [2.05, 4.69) is 31.2 Å². The minimum atomic E-state index is 0. The molecule has 0 bridgehead atoms. The maximum absolute atomic E-state index is 2.16. The zero-order chi connectivity index (χ0) is 8.65. The molecule has 0 nitrogen and oxygen atoms in total. The number of hydrogen-bond donors (Lipinski definition) is 0. The first-order valence-corrected chi connectivity index (χ1v) is 4.30. The van der Waals surface area contributed by atoms with Crippen molar-refractivity contribution in [1.29, 1.82) is 0 Å². The summed E-state index contributed by atoms with van der Waals surface area (Å²) in [6.45, 7) is 2.16. The van der Waals surface area contributed by atoms with Gasteiger partial charge in [0.2, 0.25) is 0 Å². The summed E-state index contributed by atoms with van der Waals surface area (Å²) in [7, 11) is 0. The van der Waals surface area contributed by atoms with Crippen LogP contribution in [-0.4, -0.2) is 0 Å².